The lowest BCUT2D eigenvalue weighted by atomic mass is 10.2. The first-order chi connectivity index (χ1) is 13.5. The topological polar surface area (TPSA) is 108 Å². The Hall–Kier alpha value is -3.59. The molecule has 0 atom stereocenters. The first-order valence-corrected chi connectivity index (χ1v) is 9.18. The minimum atomic E-state index is -0.720. The van der Waals surface area contributed by atoms with Gasteiger partial charge < -0.3 is 8.98 Å². The summed E-state index contributed by atoms with van der Waals surface area (Å²) in [7, 11) is 0. The molecule has 1 amide bonds. The van der Waals surface area contributed by atoms with Crippen molar-refractivity contribution in [2.24, 2.45) is 4.99 Å². The molecular weight excluding hydrogens is 382 g/mol. The monoisotopic (exact) mass is 395 g/mol. The second-order valence-electron chi connectivity index (χ2n) is 5.93. The largest absolute Gasteiger partial charge is 0.463 e. The summed E-state index contributed by atoms with van der Waals surface area (Å²) in [6, 6.07) is 11.1. The standard InChI is InChI=1S/C19H13N3O5S/c1-2-21-14-8-7-11(22(25)26)9-16(14)28-19(21)20-18(24)13-10-27-15-6-4-3-5-12(15)17(13)23/h3-10H,2H2,1H3. The molecule has 2 aromatic carbocycles. The highest BCUT2D eigenvalue weighted by atomic mass is 32.1. The molecule has 0 aliphatic carbocycles. The van der Waals surface area contributed by atoms with Crippen molar-refractivity contribution in [3.05, 3.63) is 79.4 Å². The number of nitrogens with zero attached hydrogens (tertiary/aromatic N) is 3. The predicted octanol–water partition coefficient (Wildman–Crippen LogP) is 3.48. The van der Waals surface area contributed by atoms with Crippen LogP contribution in [0.25, 0.3) is 21.2 Å². The van der Waals surface area contributed by atoms with Crippen LogP contribution in [-0.2, 0) is 6.54 Å². The van der Waals surface area contributed by atoms with E-state index in [0.29, 0.717) is 27.0 Å². The highest BCUT2D eigenvalue weighted by Gasteiger charge is 2.16. The summed E-state index contributed by atoms with van der Waals surface area (Å²) in [5.74, 6) is -0.720. The zero-order chi connectivity index (χ0) is 19.8. The highest BCUT2D eigenvalue weighted by molar-refractivity contribution is 7.16. The van der Waals surface area contributed by atoms with E-state index in [4.69, 9.17) is 4.42 Å². The molecule has 0 unspecified atom stereocenters. The summed E-state index contributed by atoms with van der Waals surface area (Å²) in [6.45, 7) is 2.39. The Labute approximate surface area is 161 Å². The van der Waals surface area contributed by atoms with Crippen LogP contribution in [0.4, 0.5) is 5.69 Å². The van der Waals surface area contributed by atoms with E-state index < -0.39 is 16.3 Å². The molecule has 0 bridgehead atoms. The molecule has 8 nitrogen and oxygen atoms in total. The Kier molecular flexibility index (Phi) is 4.36. The maximum absolute atomic E-state index is 12.7. The van der Waals surface area contributed by atoms with Crippen molar-refractivity contribution < 1.29 is 14.1 Å². The van der Waals surface area contributed by atoms with E-state index in [1.165, 1.54) is 12.1 Å². The van der Waals surface area contributed by atoms with Crippen molar-refractivity contribution in [3.8, 4) is 0 Å². The number of fused-ring (bicyclic) bond motifs is 2. The van der Waals surface area contributed by atoms with Gasteiger partial charge >= 0.3 is 0 Å². The average molecular weight is 395 g/mol. The Morgan fingerprint density at radius 3 is 2.82 bits per heavy atom. The van der Waals surface area contributed by atoms with Gasteiger partial charge in [0.05, 0.1) is 20.5 Å². The van der Waals surface area contributed by atoms with Crippen LogP contribution in [0, 0.1) is 10.1 Å². The maximum atomic E-state index is 12.7. The molecule has 0 aliphatic heterocycles. The van der Waals surface area contributed by atoms with Gasteiger partial charge in [-0.2, -0.15) is 4.99 Å². The van der Waals surface area contributed by atoms with Crippen molar-refractivity contribution in [1.29, 1.82) is 0 Å². The highest BCUT2D eigenvalue weighted by Crippen LogP contribution is 2.23. The summed E-state index contributed by atoms with van der Waals surface area (Å²) in [4.78, 5) is 40.2. The molecule has 0 fully saturated rings. The molecule has 140 valence electrons. The quantitative estimate of drug-likeness (QED) is 0.390. The normalized spacial score (nSPS) is 12.0. The molecule has 0 radical (unpaired) electrons. The Morgan fingerprint density at radius 2 is 2.07 bits per heavy atom. The van der Waals surface area contributed by atoms with Gasteiger partial charge in [0.25, 0.3) is 11.6 Å². The number of benzene rings is 2. The number of non-ortho nitro benzene ring substituents is 1. The number of hydrogen-bond acceptors (Lipinski definition) is 6. The summed E-state index contributed by atoms with van der Waals surface area (Å²) in [6.07, 6.45) is 1.12. The van der Waals surface area contributed by atoms with Gasteiger partial charge in [-0.3, -0.25) is 19.7 Å². The minimum absolute atomic E-state index is 0.0370. The van der Waals surface area contributed by atoms with Gasteiger partial charge in [0.1, 0.15) is 17.4 Å². The van der Waals surface area contributed by atoms with Crippen LogP contribution in [0.3, 0.4) is 0 Å². The molecular formula is C19H13N3O5S. The van der Waals surface area contributed by atoms with Crippen LogP contribution in [0.15, 0.2) is 62.9 Å². The van der Waals surface area contributed by atoms with Gasteiger partial charge in [-0.15, -0.1) is 0 Å². The number of para-hydroxylation sites is 1. The molecule has 0 N–H and O–H groups in total. The number of thiazole rings is 1. The van der Waals surface area contributed by atoms with Gasteiger partial charge in [-0.05, 0) is 25.1 Å². The van der Waals surface area contributed by atoms with Crippen LogP contribution >= 0.6 is 11.3 Å². The number of aryl methyl sites for hydroxylation is 1. The van der Waals surface area contributed by atoms with Crippen LogP contribution < -0.4 is 10.2 Å². The third kappa shape index (κ3) is 2.91. The van der Waals surface area contributed by atoms with E-state index in [1.807, 2.05) is 6.92 Å². The van der Waals surface area contributed by atoms with Gasteiger partial charge in [-0.1, -0.05) is 23.5 Å². The molecule has 2 heterocycles. The molecule has 4 rings (SSSR count). The van der Waals surface area contributed by atoms with E-state index in [9.17, 15) is 19.7 Å². The third-order valence-electron chi connectivity index (χ3n) is 4.30. The average Bonchev–Trinajstić information content (AvgIpc) is 3.04. The molecule has 0 spiro atoms. The SMILES string of the molecule is CCn1c(=NC(=O)c2coc3ccccc3c2=O)sc2cc([N+](=O)[O-])ccc21. The fraction of sp³-hybridized carbons (Fsp3) is 0.105. The van der Waals surface area contributed by atoms with Crippen molar-refractivity contribution in [3.63, 3.8) is 0 Å². The number of carbonyl (C=O) groups excluding carboxylic acids is 1. The van der Waals surface area contributed by atoms with Gasteiger partial charge in [0.2, 0.25) is 5.43 Å². The Morgan fingerprint density at radius 1 is 1.29 bits per heavy atom. The van der Waals surface area contributed by atoms with Crippen LogP contribution in [-0.4, -0.2) is 15.4 Å². The zero-order valence-corrected chi connectivity index (χ0v) is 15.4. The Balaban J connectivity index is 1.87. The molecule has 0 saturated carbocycles. The number of rotatable bonds is 3. The number of nitro groups is 1. The van der Waals surface area contributed by atoms with Crippen molar-refractivity contribution >= 4 is 44.1 Å². The van der Waals surface area contributed by atoms with Crippen LogP contribution in [0.2, 0.25) is 0 Å². The molecule has 9 heteroatoms. The maximum Gasteiger partial charge on any atom is 0.286 e. The second-order valence-corrected chi connectivity index (χ2v) is 6.94. The summed E-state index contributed by atoms with van der Waals surface area (Å²) >= 11 is 1.15. The summed E-state index contributed by atoms with van der Waals surface area (Å²) in [5.41, 5.74) is 0.474. The molecule has 2 aromatic heterocycles. The third-order valence-corrected chi connectivity index (χ3v) is 5.34. The smallest absolute Gasteiger partial charge is 0.286 e. The lowest BCUT2D eigenvalue weighted by Crippen LogP contribution is -2.19. The number of amides is 1. The zero-order valence-electron chi connectivity index (χ0n) is 14.6. The van der Waals surface area contributed by atoms with Crippen LogP contribution in [0.5, 0.6) is 0 Å². The number of carbonyl (C=O) groups is 1. The van der Waals surface area contributed by atoms with Crippen molar-refractivity contribution in [2.45, 2.75) is 13.5 Å². The lowest BCUT2D eigenvalue weighted by Gasteiger charge is -2.00. The summed E-state index contributed by atoms with van der Waals surface area (Å²) < 4.78 is 7.78. The molecule has 4 aromatic rings. The first-order valence-electron chi connectivity index (χ1n) is 8.37. The van der Waals surface area contributed by atoms with Gasteiger partial charge in [0.15, 0.2) is 4.80 Å². The van der Waals surface area contributed by atoms with Crippen LogP contribution in [0.1, 0.15) is 17.3 Å². The minimum Gasteiger partial charge on any atom is -0.463 e. The molecule has 0 aliphatic rings. The number of hydrogen-bond donors (Lipinski definition) is 0. The van der Waals surface area contributed by atoms with E-state index in [2.05, 4.69) is 4.99 Å². The van der Waals surface area contributed by atoms with Gasteiger partial charge in [-0.25, -0.2) is 0 Å². The van der Waals surface area contributed by atoms with E-state index >= 15 is 0 Å². The van der Waals surface area contributed by atoms with Gasteiger partial charge in [0, 0.05) is 18.7 Å². The number of nitro benzene ring substituents is 1. The molecule has 28 heavy (non-hydrogen) atoms. The molecule has 0 saturated heterocycles. The predicted molar refractivity (Wildman–Crippen MR) is 105 cm³/mol. The first kappa shape index (κ1) is 17.8. The fourth-order valence-electron chi connectivity index (χ4n) is 2.94. The fourth-order valence-corrected chi connectivity index (χ4v) is 4.06. The van der Waals surface area contributed by atoms with E-state index in [0.717, 1.165) is 23.1 Å². The van der Waals surface area contributed by atoms with E-state index in [1.54, 1.807) is 34.9 Å². The van der Waals surface area contributed by atoms with Crippen molar-refractivity contribution in [2.75, 3.05) is 0 Å². The lowest BCUT2D eigenvalue weighted by molar-refractivity contribution is -0.384. The number of aromatic nitrogens is 1. The Bertz CT molecular complexity index is 1380. The van der Waals surface area contributed by atoms with Crippen molar-refractivity contribution in [1.82, 2.24) is 4.57 Å². The summed E-state index contributed by atoms with van der Waals surface area (Å²) in [5, 5.41) is 11.3. The van der Waals surface area contributed by atoms with E-state index in [-0.39, 0.29) is 11.3 Å². The second kappa shape index (κ2) is 6.86.